The van der Waals surface area contributed by atoms with Gasteiger partial charge in [0.2, 0.25) is 5.95 Å². The van der Waals surface area contributed by atoms with Gasteiger partial charge in [-0.1, -0.05) is 0 Å². The van der Waals surface area contributed by atoms with Crippen molar-refractivity contribution in [3.8, 4) is 0 Å². The number of hydrogen-bond acceptors (Lipinski definition) is 5. The lowest BCUT2D eigenvalue weighted by molar-refractivity contribution is 0.674. The molecule has 16 heavy (non-hydrogen) atoms. The van der Waals surface area contributed by atoms with E-state index in [1.807, 2.05) is 0 Å². The summed E-state index contributed by atoms with van der Waals surface area (Å²) in [5.41, 5.74) is 5.41. The Hall–Kier alpha value is -0.650. The zero-order chi connectivity index (χ0) is 11.8. The van der Waals surface area contributed by atoms with Gasteiger partial charge in [0.25, 0.3) is 0 Å². The SMILES string of the molecule is NCC(Cl)CC(Cl)CCNc1ncncn1. The number of anilines is 1. The highest BCUT2D eigenvalue weighted by Gasteiger charge is 2.10. The molecule has 7 heteroatoms. The molecule has 0 aliphatic carbocycles. The molecule has 90 valence electrons. The summed E-state index contributed by atoms with van der Waals surface area (Å²) in [5.74, 6) is 0.556. The van der Waals surface area contributed by atoms with Crippen LogP contribution in [0.3, 0.4) is 0 Å². The number of halogens is 2. The standard InChI is InChI=1S/C9H15Cl2N5/c10-7(3-8(11)4-12)1-2-14-9-15-5-13-6-16-9/h5-8H,1-4,12H2,(H,13,14,15,16). The van der Waals surface area contributed by atoms with Gasteiger partial charge in [0, 0.05) is 23.8 Å². The van der Waals surface area contributed by atoms with Crippen LogP contribution in [0.5, 0.6) is 0 Å². The Morgan fingerprint density at radius 2 is 1.94 bits per heavy atom. The van der Waals surface area contributed by atoms with Gasteiger partial charge in [-0.05, 0) is 12.8 Å². The molecule has 1 rings (SSSR count). The molecule has 2 atom stereocenters. The summed E-state index contributed by atoms with van der Waals surface area (Å²) in [6.07, 6.45) is 4.38. The fourth-order valence-corrected chi connectivity index (χ4v) is 1.79. The Labute approximate surface area is 105 Å². The highest BCUT2D eigenvalue weighted by atomic mass is 35.5. The van der Waals surface area contributed by atoms with Crippen LogP contribution in [0.15, 0.2) is 12.7 Å². The molecule has 1 aromatic rings. The first-order valence-corrected chi connectivity index (χ1v) is 5.93. The third-order valence-corrected chi connectivity index (χ3v) is 2.75. The number of nitrogens with two attached hydrogens (primary N) is 1. The Morgan fingerprint density at radius 3 is 2.56 bits per heavy atom. The maximum Gasteiger partial charge on any atom is 0.225 e. The van der Waals surface area contributed by atoms with Crippen molar-refractivity contribution < 1.29 is 0 Å². The van der Waals surface area contributed by atoms with Crippen molar-refractivity contribution in [1.29, 1.82) is 0 Å². The molecule has 0 aromatic carbocycles. The van der Waals surface area contributed by atoms with Crippen LogP contribution in [0.1, 0.15) is 12.8 Å². The molecule has 1 heterocycles. The van der Waals surface area contributed by atoms with E-state index in [0.717, 1.165) is 6.42 Å². The number of rotatable bonds is 7. The van der Waals surface area contributed by atoms with Crippen molar-refractivity contribution in [3.63, 3.8) is 0 Å². The van der Waals surface area contributed by atoms with Gasteiger partial charge >= 0.3 is 0 Å². The van der Waals surface area contributed by atoms with Gasteiger partial charge in [-0.3, -0.25) is 0 Å². The molecule has 5 nitrogen and oxygen atoms in total. The van der Waals surface area contributed by atoms with Gasteiger partial charge in [0.15, 0.2) is 0 Å². The molecular formula is C9H15Cl2N5. The lowest BCUT2D eigenvalue weighted by Gasteiger charge is -2.12. The third-order valence-electron chi connectivity index (χ3n) is 2.00. The Balaban J connectivity index is 2.15. The minimum absolute atomic E-state index is 0.0142. The van der Waals surface area contributed by atoms with Crippen LogP contribution in [-0.4, -0.2) is 38.8 Å². The summed E-state index contributed by atoms with van der Waals surface area (Å²) in [7, 11) is 0. The average Bonchev–Trinajstić information content (AvgIpc) is 2.30. The van der Waals surface area contributed by atoms with Crippen molar-refractivity contribution in [2.24, 2.45) is 5.73 Å². The molecule has 0 aliphatic heterocycles. The summed E-state index contributed by atoms with van der Waals surface area (Å²) < 4.78 is 0. The first kappa shape index (κ1) is 13.4. The van der Waals surface area contributed by atoms with Crippen LogP contribution in [-0.2, 0) is 0 Å². The number of nitrogens with one attached hydrogen (secondary N) is 1. The molecule has 0 amide bonds. The molecule has 0 spiro atoms. The van der Waals surface area contributed by atoms with Gasteiger partial charge in [-0.15, -0.1) is 23.2 Å². The Kier molecular flexibility index (Phi) is 6.37. The zero-order valence-corrected chi connectivity index (χ0v) is 10.3. The smallest absolute Gasteiger partial charge is 0.225 e. The van der Waals surface area contributed by atoms with Crippen LogP contribution in [0.2, 0.25) is 0 Å². The molecule has 0 fully saturated rings. The predicted octanol–water partition coefficient (Wildman–Crippen LogP) is 1.24. The maximum absolute atomic E-state index is 6.09. The van der Waals surface area contributed by atoms with E-state index in [9.17, 15) is 0 Å². The molecule has 2 unspecified atom stereocenters. The number of hydrogen-bond donors (Lipinski definition) is 2. The van der Waals surface area contributed by atoms with E-state index >= 15 is 0 Å². The monoisotopic (exact) mass is 263 g/mol. The second-order valence-corrected chi connectivity index (χ2v) is 4.58. The van der Waals surface area contributed by atoms with Gasteiger partial charge in [-0.25, -0.2) is 15.0 Å². The predicted molar refractivity (Wildman–Crippen MR) is 65.9 cm³/mol. The fraction of sp³-hybridized carbons (Fsp3) is 0.667. The van der Waals surface area contributed by atoms with Gasteiger partial charge in [0.05, 0.1) is 0 Å². The Morgan fingerprint density at radius 1 is 1.25 bits per heavy atom. The number of aromatic nitrogens is 3. The first-order chi connectivity index (χ1) is 7.72. The van der Waals surface area contributed by atoms with E-state index in [0.29, 0.717) is 25.5 Å². The van der Waals surface area contributed by atoms with Gasteiger partial charge in [-0.2, -0.15) is 0 Å². The van der Waals surface area contributed by atoms with E-state index < -0.39 is 0 Å². The van der Waals surface area contributed by atoms with Crippen LogP contribution in [0.4, 0.5) is 5.95 Å². The first-order valence-electron chi connectivity index (χ1n) is 5.06. The molecular weight excluding hydrogens is 249 g/mol. The zero-order valence-electron chi connectivity index (χ0n) is 8.81. The van der Waals surface area contributed by atoms with Crippen molar-refractivity contribution in [2.45, 2.75) is 23.6 Å². The van der Waals surface area contributed by atoms with Gasteiger partial charge in [0.1, 0.15) is 12.7 Å². The molecule has 0 aliphatic rings. The summed E-state index contributed by atoms with van der Waals surface area (Å²) in [5, 5.41) is 3.00. The highest BCUT2D eigenvalue weighted by molar-refractivity contribution is 6.23. The molecule has 0 radical (unpaired) electrons. The molecule has 3 N–H and O–H groups in total. The lowest BCUT2D eigenvalue weighted by atomic mass is 10.2. The second kappa shape index (κ2) is 7.60. The topological polar surface area (TPSA) is 76.7 Å². The minimum Gasteiger partial charge on any atom is -0.354 e. The van der Waals surface area contributed by atoms with E-state index in [-0.39, 0.29) is 10.8 Å². The van der Waals surface area contributed by atoms with Crippen molar-refractivity contribution in [3.05, 3.63) is 12.7 Å². The van der Waals surface area contributed by atoms with Crippen molar-refractivity contribution in [1.82, 2.24) is 15.0 Å². The van der Waals surface area contributed by atoms with E-state index in [1.165, 1.54) is 12.7 Å². The summed E-state index contributed by atoms with van der Waals surface area (Å²) in [6.45, 7) is 1.15. The summed E-state index contributed by atoms with van der Waals surface area (Å²) in [6, 6.07) is 0. The van der Waals surface area contributed by atoms with E-state index in [2.05, 4.69) is 20.3 Å². The third kappa shape index (κ3) is 5.44. The second-order valence-electron chi connectivity index (χ2n) is 3.34. The van der Waals surface area contributed by atoms with E-state index in [4.69, 9.17) is 28.9 Å². The van der Waals surface area contributed by atoms with Crippen molar-refractivity contribution >= 4 is 29.2 Å². The highest BCUT2D eigenvalue weighted by Crippen LogP contribution is 2.13. The molecule has 0 saturated heterocycles. The average molecular weight is 264 g/mol. The van der Waals surface area contributed by atoms with Crippen molar-refractivity contribution in [2.75, 3.05) is 18.4 Å². The normalized spacial score (nSPS) is 14.4. The molecule has 0 bridgehead atoms. The largest absolute Gasteiger partial charge is 0.354 e. The lowest BCUT2D eigenvalue weighted by Crippen LogP contribution is -2.20. The number of nitrogens with zero attached hydrogens (tertiary/aromatic N) is 3. The minimum atomic E-state index is -0.0559. The van der Waals surface area contributed by atoms with Crippen LogP contribution >= 0.6 is 23.2 Å². The van der Waals surface area contributed by atoms with Crippen LogP contribution < -0.4 is 11.1 Å². The molecule has 1 aromatic heterocycles. The van der Waals surface area contributed by atoms with Gasteiger partial charge < -0.3 is 11.1 Å². The molecule has 0 saturated carbocycles. The summed E-state index contributed by atoms with van der Waals surface area (Å²) in [4.78, 5) is 11.6. The maximum atomic E-state index is 6.09. The van der Waals surface area contributed by atoms with E-state index in [1.54, 1.807) is 0 Å². The van der Waals surface area contributed by atoms with Crippen LogP contribution in [0, 0.1) is 0 Å². The summed E-state index contributed by atoms with van der Waals surface area (Å²) >= 11 is 12.0. The Bertz CT molecular complexity index is 284. The fourth-order valence-electron chi connectivity index (χ4n) is 1.16. The number of alkyl halides is 2. The quantitative estimate of drug-likeness (QED) is 0.724. The van der Waals surface area contributed by atoms with Crippen LogP contribution in [0.25, 0.3) is 0 Å².